The number of hydrogen-bond donors (Lipinski definition) is 0. The molecule has 2 fully saturated rings. The van der Waals surface area contributed by atoms with Gasteiger partial charge in [-0.15, -0.1) is 0 Å². The first-order valence-corrected chi connectivity index (χ1v) is 11.7. The van der Waals surface area contributed by atoms with Gasteiger partial charge in [-0.2, -0.15) is 0 Å². The van der Waals surface area contributed by atoms with Crippen LogP contribution in [-0.4, -0.2) is 24.9 Å². The minimum Gasteiger partial charge on any atom is -0.465 e. The average Bonchev–Trinajstić information content (AvgIpc) is 3.54. The first-order valence-electron chi connectivity index (χ1n) is 11.7. The number of ether oxygens (including phenoxy) is 1. The quantitative estimate of drug-likeness (QED) is 0.315. The Bertz CT molecular complexity index is 1310. The summed E-state index contributed by atoms with van der Waals surface area (Å²) in [6.45, 7) is 0. The Morgan fingerprint density at radius 2 is 1.17 bits per heavy atom. The molecular weight excluding hydrogens is 438 g/mol. The Morgan fingerprint density at radius 1 is 0.686 bits per heavy atom. The van der Waals surface area contributed by atoms with E-state index in [1.54, 1.807) is 24.3 Å². The Labute approximate surface area is 203 Å². The monoisotopic (exact) mass is 461 g/mol. The van der Waals surface area contributed by atoms with Crippen LogP contribution < -0.4 is 4.90 Å². The lowest BCUT2D eigenvalue weighted by molar-refractivity contribution is -0.122. The highest BCUT2D eigenvalue weighted by molar-refractivity contribution is 6.23. The van der Waals surface area contributed by atoms with Crippen LogP contribution >= 0.6 is 0 Å². The average molecular weight is 462 g/mol. The third-order valence-electron chi connectivity index (χ3n) is 7.38. The maximum atomic E-state index is 13.7. The number of imide groups is 1. The second-order valence-electron chi connectivity index (χ2n) is 9.10. The summed E-state index contributed by atoms with van der Waals surface area (Å²) in [7, 11) is 1.32. The lowest BCUT2D eigenvalue weighted by atomic mass is 9.85. The Balaban J connectivity index is 1.42. The smallest absolute Gasteiger partial charge is 0.337 e. The van der Waals surface area contributed by atoms with E-state index in [9.17, 15) is 14.4 Å². The van der Waals surface area contributed by atoms with Gasteiger partial charge in [0.2, 0.25) is 11.8 Å². The van der Waals surface area contributed by atoms with Crippen molar-refractivity contribution in [3.05, 3.63) is 119 Å². The fourth-order valence-corrected chi connectivity index (χ4v) is 5.93. The van der Waals surface area contributed by atoms with Crippen LogP contribution in [-0.2, 0) is 14.3 Å². The summed E-state index contributed by atoms with van der Waals surface area (Å²) < 4.78 is 4.75. The lowest BCUT2D eigenvalue weighted by Crippen LogP contribution is -2.33. The molecule has 4 atom stereocenters. The molecule has 3 aliphatic rings. The van der Waals surface area contributed by atoms with Crippen LogP contribution in [0.5, 0.6) is 0 Å². The molecule has 0 unspecified atom stereocenters. The first-order chi connectivity index (χ1) is 17.1. The van der Waals surface area contributed by atoms with E-state index >= 15 is 0 Å². The molecule has 0 radical (unpaired) electrons. The second-order valence-corrected chi connectivity index (χ2v) is 9.10. The van der Waals surface area contributed by atoms with Gasteiger partial charge in [-0.05, 0) is 46.5 Å². The number of esters is 1. The third-order valence-corrected chi connectivity index (χ3v) is 7.38. The summed E-state index contributed by atoms with van der Waals surface area (Å²) in [4.78, 5) is 40.4. The van der Waals surface area contributed by atoms with Crippen LogP contribution in [0.15, 0.2) is 103 Å². The van der Waals surface area contributed by atoms with Gasteiger partial charge >= 0.3 is 5.97 Å². The number of hydrogen-bond acceptors (Lipinski definition) is 4. The van der Waals surface area contributed by atoms with E-state index in [0.717, 1.165) is 22.3 Å². The van der Waals surface area contributed by atoms with Crippen molar-refractivity contribution in [1.82, 2.24) is 0 Å². The largest absolute Gasteiger partial charge is 0.465 e. The topological polar surface area (TPSA) is 63.7 Å². The van der Waals surface area contributed by atoms with Crippen LogP contribution in [0.3, 0.4) is 0 Å². The number of allylic oxidation sites excluding steroid dienone is 3. The van der Waals surface area contributed by atoms with Gasteiger partial charge in [-0.3, -0.25) is 9.59 Å². The van der Waals surface area contributed by atoms with Gasteiger partial charge in [0.05, 0.1) is 30.2 Å². The van der Waals surface area contributed by atoms with Crippen molar-refractivity contribution in [3.63, 3.8) is 0 Å². The van der Waals surface area contributed by atoms with Gasteiger partial charge in [-0.1, -0.05) is 72.8 Å². The van der Waals surface area contributed by atoms with Gasteiger partial charge in [0.25, 0.3) is 0 Å². The van der Waals surface area contributed by atoms with Gasteiger partial charge in [0.15, 0.2) is 0 Å². The number of fused-ring (bicyclic) bond motifs is 5. The summed E-state index contributed by atoms with van der Waals surface area (Å²) in [5.41, 5.74) is 5.29. The van der Waals surface area contributed by atoms with Gasteiger partial charge in [0.1, 0.15) is 0 Å². The maximum Gasteiger partial charge on any atom is 0.337 e. The summed E-state index contributed by atoms with van der Waals surface area (Å²) in [6, 6.07) is 26.8. The Morgan fingerprint density at radius 3 is 1.63 bits per heavy atom. The van der Waals surface area contributed by atoms with Crippen molar-refractivity contribution in [2.75, 3.05) is 12.0 Å². The van der Waals surface area contributed by atoms with Crippen LogP contribution in [0.25, 0.3) is 5.57 Å². The van der Waals surface area contributed by atoms with E-state index in [0.29, 0.717) is 11.3 Å². The molecule has 2 aliphatic carbocycles. The minimum absolute atomic E-state index is 0.129. The predicted octanol–water partition coefficient (Wildman–Crippen LogP) is 4.90. The molecule has 2 amide bonds. The van der Waals surface area contributed by atoms with E-state index in [4.69, 9.17) is 4.74 Å². The normalized spacial score (nSPS) is 24.1. The Kier molecular flexibility index (Phi) is 4.99. The zero-order chi connectivity index (χ0) is 24.1. The summed E-state index contributed by atoms with van der Waals surface area (Å²) in [6.07, 6.45) is 4.20. The molecule has 2 bridgehead atoms. The molecule has 5 heteroatoms. The molecule has 3 aromatic rings. The van der Waals surface area contributed by atoms with Crippen molar-refractivity contribution in [3.8, 4) is 0 Å². The molecule has 0 spiro atoms. The molecule has 3 aromatic carbocycles. The van der Waals surface area contributed by atoms with E-state index in [-0.39, 0.29) is 23.7 Å². The van der Waals surface area contributed by atoms with Gasteiger partial charge < -0.3 is 4.74 Å². The van der Waals surface area contributed by atoms with Crippen molar-refractivity contribution in [1.29, 1.82) is 0 Å². The minimum atomic E-state index is -0.459. The van der Waals surface area contributed by atoms with Crippen molar-refractivity contribution < 1.29 is 19.1 Å². The lowest BCUT2D eigenvalue weighted by Gasteiger charge is -2.21. The third kappa shape index (κ3) is 3.19. The molecule has 5 nitrogen and oxygen atoms in total. The van der Waals surface area contributed by atoms with E-state index in [2.05, 4.69) is 36.4 Å². The highest BCUT2D eigenvalue weighted by Gasteiger charge is 2.62. The zero-order valence-electron chi connectivity index (χ0n) is 19.1. The number of benzene rings is 3. The molecule has 1 heterocycles. The number of methoxy groups -OCH3 is 1. The number of amides is 2. The number of carbonyl (C=O) groups is 3. The summed E-state index contributed by atoms with van der Waals surface area (Å²) in [5, 5.41) is 0. The standard InChI is InChI=1S/C30H23NO4/c1-35-30(34)20-12-14-21(15-13-20)31-28(32)26-22-16-17-23(27(26)29(31)33)25(22)24(18-8-4-2-5-9-18)19-10-6-3-7-11-19/h2-17,22-23,26-27H,1H3/t22-,23-,26+,27+/m0/s1. The zero-order valence-corrected chi connectivity index (χ0v) is 19.1. The number of anilines is 1. The van der Waals surface area contributed by atoms with Crippen molar-refractivity contribution in [2.45, 2.75) is 0 Å². The molecule has 35 heavy (non-hydrogen) atoms. The highest BCUT2D eigenvalue weighted by Crippen LogP contribution is 2.58. The fraction of sp³-hybridized carbons (Fsp3) is 0.167. The van der Waals surface area contributed by atoms with E-state index in [1.807, 2.05) is 36.4 Å². The molecule has 1 saturated carbocycles. The second kappa shape index (κ2) is 8.20. The molecular formula is C30H23NO4. The predicted molar refractivity (Wildman–Crippen MR) is 132 cm³/mol. The molecule has 1 saturated heterocycles. The van der Waals surface area contributed by atoms with Crippen LogP contribution in [0.4, 0.5) is 5.69 Å². The van der Waals surface area contributed by atoms with Gasteiger partial charge in [-0.25, -0.2) is 9.69 Å². The fourth-order valence-electron chi connectivity index (χ4n) is 5.93. The van der Waals surface area contributed by atoms with Crippen LogP contribution in [0, 0.1) is 23.7 Å². The number of rotatable bonds is 4. The molecule has 0 N–H and O–H groups in total. The summed E-state index contributed by atoms with van der Waals surface area (Å²) in [5.74, 6) is -1.92. The molecule has 172 valence electrons. The maximum absolute atomic E-state index is 13.7. The van der Waals surface area contributed by atoms with E-state index < -0.39 is 17.8 Å². The first kappa shape index (κ1) is 21.3. The Hall–Kier alpha value is -4.25. The van der Waals surface area contributed by atoms with Gasteiger partial charge in [0, 0.05) is 11.8 Å². The molecule has 6 rings (SSSR count). The van der Waals surface area contributed by atoms with Crippen LogP contribution in [0.1, 0.15) is 21.5 Å². The summed E-state index contributed by atoms with van der Waals surface area (Å²) >= 11 is 0. The van der Waals surface area contributed by atoms with E-state index in [1.165, 1.54) is 12.0 Å². The number of nitrogens with zero attached hydrogens (tertiary/aromatic N) is 1. The van der Waals surface area contributed by atoms with Crippen molar-refractivity contribution >= 4 is 29.0 Å². The number of carbonyl (C=O) groups excluding carboxylic acids is 3. The van der Waals surface area contributed by atoms with Crippen LogP contribution in [0.2, 0.25) is 0 Å². The SMILES string of the molecule is COC(=O)c1ccc(N2C(=O)[C@H]3[C@H](C2=O)[C@H]2C=C[C@H]3C2=C(c2ccccc2)c2ccccc2)cc1. The highest BCUT2D eigenvalue weighted by atomic mass is 16.5. The molecule has 1 aliphatic heterocycles. The molecule has 0 aromatic heterocycles. The van der Waals surface area contributed by atoms with Crippen molar-refractivity contribution in [2.24, 2.45) is 23.7 Å².